The fourth-order valence-corrected chi connectivity index (χ4v) is 3.68. The Balaban J connectivity index is 1.92. The molecule has 0 amide bonds. The summed E-state index contributed by atoms with van der Waals surface area (Å²) in [7, 11) is 0. The van der Waals surface area contributed by atoms with E-state index >= 15 is 0 Å². The van der Waals surface area contributed by atoms with Crippen LogP contribution in [-0.2, 0) is 5.75 Å². The van der Waals surface area contributed by atoms with Crippen LogP contribution in [0.2, 0.25) is 10.0 Å². The predicted octanol–water partition coefficient (Wildman–Crippen LogP) is 6.56. The molecule has 0 spiro atoms. The van der Waals surface area contributed by atoms with Gasteiger partial charge in [-0.25, -0.2) is 0 Å². The highest BCUT2D eigenvalue weighted by molar-refractivity contribution is 8.03. The number of carbonyl (C=O) groups is 1. The number of hydrogen-bond acceptors (Lipinski definition) is 4. The van der Waals surface area contributed by atoms with Crippen molar-refractivity contribution in [2.75, 3.05) is 0 Å². The second-order valence-electron chi connectivity index (χ2n) is 6.00. The summed E-state index contributed by atoms with van der Waals surface area (Å²) in [6.07, 6.45) is 1.62. The van der Waals surface area contributed by atoms with Crippen LogP contribution in [0.4, 0.5) is 0 Å². The van der Waals surface area contributed by atoms with Crippen molar-refractivity contribution in [3.63, 3.8) is 0 Å². The molecule has 0 fully saturated rings. The highest BCUT2D eigenvalue weighted by atomic mass is 35.5. The summed E-state index contributed by atoms with van der Waals surface area (Å²) in [6, 6.07) is 18.3. The van der Waals surface area contributed by atoms with Crippen LogP contribution in [0.3, 0.4) is 0 Å². The quantitative estimate of drug-likeness (QED) is 0.343. The molecule has 0 aliphatic carbocycles. The van der Waals surface area contributed by atoms with Gasteiger partial charge in [-0.1, -0.05) is 35.3 Å². The predicted molar refractivity (Wildman–Crippen MR) is 116 cm³/mol. The summed E-state index contributed by atoms with van der Waals surface area (Å²) in [5.74, 6) is 0.229. The molecule has 6 heteroatoms. The normalized spacial score (nSPS) is 11.4. The van der Waals surface area contributed by atoms with Gasteiger partial charge in [0.2, 0.25) is 0 Å². The molecule has 0 radical (unpaired) electrons. The minimum Gasteiger partial charge on any atom is -0.508 e. The molecule has 0 unspecified atom stereocenters. The van der Waals surface area contributed by atoms with E-state index in [-0.39, 0.29) is 17.3 Å². The van der Waals surface area contributed by atoms with Gasteiger partial charge in [0.15, 0.2) is 5.78 Å². The molecule has 3 rings (SSSR count). The standard InChI is InChI=1S/C22H16Cl2O3S/c23-17-6-1-14(2-7-17)13-28-21(11-16-5-10-19(25)12-20(16)26)22(27)15-3-8-18(24)9-4-15/h1-12,25-26H,13H2/b21-11+. The van der Waals surface area contributed by atoms with Gasteiger partial charge in [-0.3, -0.25) is 4.79 Å². The molecule has 0 aliphatic heterocycles. The fraction of sp³-hybridized carbons (Fsp3) is 0.0455. The largest absolute Gasteiger partial charge is 0.508 e. The molecule has 0 saturated heterocycles. The lowest BCUT2D eigenvalue weighted by Crippen LogP contribution is -2.01. The Kier molecular flexibility index (Phi) is 6.68. The molecule has 3 aromatic carbocycles. The average Bonchev–Trinajstić information content (AvgIpc) is 2.68. The van der Waals surface area contributed by atoms with E-state index in [2.05, 4.69) is 0 Å². The molecule has 0 saturated carbocycles. The van der Waals surface area contributed by atoms with E-state index in [0.717, 1.165) is 5.56 Å². The Morgan fingerprint density at radius 2 is 1.50 bits per heavy atom. The fourth-order valence-electron chi connectivity index (χ4n) is 2.45. The van der Waals surface area contributed by atoms with Crippen LogP contribution in [0.15, 0.2) is 71.6 Å². The molecular weight excluding hydrogens is 415 g/mol. The summed E-state index contributed by atoms with van der Waals surface area (Å²) in [4.78, 5) is 13.5. The van der Waals surface area contributed by atoms with Gasteiger partial charge in [-0.15, -0.1) is 11.8 Å². The monoisotopic (exact) mass is 430 g/mol. The number of aromatic hydroxyl groups is 2. The molecule has 0 aromatic heterocycles. The van der Waals surface area contributed by atoms with Gasteiger partial charge in [-0.05, 0) is 60.2 Å². The summed E-state index contributed by atoms with van der Waals surface area (Å²) in [6.45, 7) is 0. The average molecular weight is 431 g/mol. The topological polar surface area (TPSA) is 57.5 Å². The van der Waals surface area contributed by atoms with Crippen molar-refractivity contribution in [3.8, 4) is 11.5 Å². The molecule has 3 nitrogen and oxygen atoms in total. The Morgan fingerprint density at radius 1 is 0.893 bits per heavy atom. The second kappa shape index (κ2) is 9.20. The lowest BCUT2D eigenvalue weighted by atomic mass is 10.1. The van der Waals surface area contributed by atoms with Crippen molar-refractivity contribution in [2.24, 2.45) is 0 Å². The molecule has 3 aromatic rings. The summed E-state index contributed by atoms with van der Waals surface area (Å²) >= 11 is 13.2. The number of hydrogen-bond donors (Lipinski definition) is 2. The maximum absolute atomic E-state index is 13.0. The number of thioether (sulfide) groups is 1. The molecular formula is C22H16Cl2O3S. The minimum atomic E-state index is -0.178. The smallest absolute Gasteiger partial charge is 0.199 e. The molecule has 0 atom stereocenters. The number of halogens is 2. The van der Waals surface area contributed by atoms with E-state index in [1.54, 1.807) is 48.5 Å². The number of phenolic OH excluding ortho intramolecular Hbond substituents is 2. The second-order valence-corrected chi connectivity index (χ2v) is 7.89. The Hall–Kier alpha value is -2.40. The number of Topliss-reactive ketones (excluding diaryl/α,β-unsaturated/α-hetero) is 1. The van der Waals surface area contributed by atoms with E-state index in [1.165, 1.54) is 23.9 Å². The minimum absolute atomic E-state index is 0.0472. The maximum Gasteiger partial charge on any atom is 0.199 e. The van der Waals surface area contributed by atoms with Crippen LogP contribution in [0.5, 0.6) is 11.5 Å². The number of allylic oxidation sites excluding steroid dienone is 1. The van der Waals surface area contributed by atoms with Gasteiger partial charge >= 0.3 is 0 Å². The maximum atomic E-state index is 13.0. The third-order valence-electron chi connectivity index (χ3n) is 3.94. The van der Waals surface area contributed by atoms with Gasteiger partial charge in [0, 0.05) is 33.0 Å². The summed E-state index contributed by atoms with van der Waals surface area (Å²) in [5.41, 5.74) is 1.95. The lowest BCUT2D eigenvalue weighted by molar-refractivity contribution is 0.104. The SMILES string of the molecule is O=C(/C(=C\c1ccc(O)cc1O)SCc1ccc(Cl)cc1)c1ccc(Cl)cc1. The van der Waals surface area contributed by atoms with Gasteiger partial charge in [-0.2, -0.15) is 0 Å². The Bertz CT molecular complexity index is 1010. The zero-order valence-electron chi connectivity index (χ0n) is 14.6. The Labute approximate surface area is 177 Å². The van der Waals surface area contributed by atoms with Crippen LogP contribution in [0.1, 0.15) is 21.5 Å². The Morgan fingerprint density at radius 3 is 2.11 bits per heavy atom. The molecule has 28 heavy (non-hydrogen) atoms. The van der Waals surface area contributed by atoms with Crippen molar-refractivity contribution in [3.05, 3.63) is 98.4 Å². The van der Waals surface area contributed by atoms with Gasteiger partial charge in [0.1, 0.15) is 11.5 Å². The van der Waals surface area contributed by atoms with Crippen molar-refractivity contribution in [2.45, 2.75) is 5.75 Å². The third kappa shape index (κ3) is 5.32. The first-order valence-electron chi connectivity index (χ1n) is 8.33. The molecule has 0 heterocycles. The number of rotatable bonds is 6. The van der Waals surface area contributed by atoms with Crippen LogP contribution in [-0.4, -0.2) is 16.0 Å². The van der Waals surface area contributed by atoms with Crippen LogP contribution in [0.25, 0.3) is 6.08 Å². The van der Waals surface area contributed by atoms with Crippen LogP contribution < -0.4 is 0 Å². The van der Waals surface area contributed by atoms with E-state index in [1.807, 2.05) is 12.1 Å². The van der Waals surface area contributed by atoms with Crippen molar-refractivity contribution in [1.29, 1.82) is 0 Å². The molecule has 2 N–H and O–H groups in total. The number of carbonyl (C=O) groups excluding carboxylic acids is 1. The molecule has 0 aliphatic rings. The summed E-state index contributed by atoms with van der Waals surface area (Å²) < 4.78 is 0. The summed E-state index contributed by atoms with van der Waals surface area (Å²) in [5, 5.41) is 20.8. The first-order valence-corrected chi connectivity index (χ1v) is 10.1. The highest BCUT2D eigenvalue weighted by Gasteiger charge is 2.15. The first-order chi connectivity index (χ1) is 13.4. The van der Waals surface area contributed by atoms with Crippen molar-refractivity contribution < 1.29 is 15.0 Å². The van der Waals surface area contributed by atoms with Crippen LogP contribution in [0, 0.1) is 0 Å². The van der Waals surface area contributed by atoms with Gasteiger partial charge in [0.25, 0.3) is 0 Å². The van der Waals surface area contributed by atoms with E-state index in [9.17, 15) is 15.0 Å². The van der Waals surface area contributed by atoms with Crippen molar-refractivity contribution >= 4 is 46.8 Å². The number of ketones is 1. The third-order valence-corrected chi connectivity index (χ3v) is 5.53. The zero-order chi connectivity index (χ0) is 20.1. The lowest BCUT2D eigenvalue weighted by Gasteiger charge is -2.09. The highest BCUT2D eigenvalue weighted by Crippen LogP contribution is 2.31. The van der Waals surface area contributed by atoms with Crippen LogP contribution >= 0.6 is 35.0 Å². The molecule has 142 valence electrons. The van der Waals surface area contributed by atoms with E-state index in [0.29, 0.717) is 31.8 Å². The molecule has 0 bridgehead atoms. The van der Waals surface area contributed by atoms with E-state index in [4.69, 9.17) is 23.2 Å². The van der Waals surface area contributed by atoms with E-state index < -0.39 is 0 Å². The first kappa shape index (κ1) is 20.3. The number of benzene rings is 3. The number of phenols is 2. The van der Waals surface area contributed by atoms with Crippen molar-refractivity contribution in [1.82, 2.24) is 0 Å². The zero-order valence-corrected chi connectivity index (χ0v) is 16.9. The van der Waals surface area contributed by atoms with Gasteiger partial charge < -0.3 is 10.2 Å². The van der Waals surface area contributed by atoms with Gasteiger partial charge in [0.05, 0.1) is 4.91 Å².